The molecule has 1 aromatic rings. The molecule has 0 spiro atoms. The molecule has 1 atom stereocenters. The SMILES string of the molecule is CCOC(=O)C(C)(C#N)c1ncc(Br)cc1C(F)(F)F. The minimum Gasteiger partial charge on any atom is -0.465 e. The highest BCUT2D eigenvalue weighted by Crippen LogP contribution is 2.38. The van der Waals surface area contributed by atoms with Crippen molar-refractivity contribution in [2.75, 3.05) is 6.61 Å². The molecule has 0 aliphatic carbocycles. The van der Waals surface area contributed by atoms with E-state index in [1.54, 1.807) is 6.07 Å². The quantitative estimate of drug-likeness (QED) is 0.785. The van der Waals surface area contributed by atoms with Crippen LogP contribution in [0, 0.1) is 11.3 Å². The molecule has 108 valence electrons. The third kappa shape index (κ3) is 3.10. The highest BCUT2D eigenvalue weighted by Gasteiger charge is 2.46. The highest BCUT2D eigenvalue weighted by atomic mass is 79.9. The molecule has 1 heterocycles. The number of nitriles is 1. The third-order valence-corrected chi connectivity index (χ3v) is 2.97. The van der Waals surface area contributed by atoms with Crippen LogP contribution < -0.4 is 0 Å². The van der Waals surface area contributed by atoms with E-state index in [-0.39, 0.29) is 11.1 Å². The number of halogens is 4. The zero-order valence-corrected chi connectivity index (χ0v) is 12.2. The summed E-state index contributed by atoms with van der Waals surface area (Å²) in [6.45, 7) is 2.50. The molecule has 8 heteroatoms. The Balaban J connectivity index is 3.52. The molecule has 20 heavy (non-hydrogen) atoms. The summed E-state index contributed by atoms with van der Waals surface area (Å²) in [5.41, 5.74) is -3.94. The van der Waals surface area contributed by atoms with E-state index in [4.69, 9.17) is 5.26 Å². The Labute approximate surface area is 121 Å². The molecular formula is C12H10BrF3N2O2. The van der Waals surface area contributed by atoms with Crippen LogP contribution in [0.4, 0.5) is 13.2 Å². The van der Waals surface area contributed by atoms with Crippen LogP contribution >= 0.6 is 15.9 Å². The zero-order valence-electron chi connectivity index (χ0n) is 10.6. The number of hydrogen-bond donors (Lipinski definition) is 0. The van der Waals surface area contributed by atoms with Gasteiger partial charge in [0.2, 0.25) is 0 Å². The predicted molar refractivity (Wildman–Crippen MR) is 66.5 cm³/mol. The van der Waals surface area contributed by atoms with Crippen LogP contribution in [0.5, 0.6) is 0 Å². The predicted octanol–water partition coefficient (Wildman–Crippen LogP) is 3.21. The molecule has 0 fully saturated rings. The van der Waals surface area contributed by atoms with Crippen LogP contribution in [0.15, 0.2) is 16.7 Å². The molecule has 0 aromatic carbocycles. The summed E-state index contributed by atoms with van der Waals surface area (Å²) < 4.78 is 43.8. The van der Waals surface area contributed by atoms with Gasteiger partial charge in [0.25, 0.3) is 0 Å². The fourth-order valence-corrected chi connectivity index (χ4v) is 1.86. The smallest absolute Gasteiger partial charge is 0.418 e. The minimum absolute atomic E-state index is 0.0476. The van der Waals surface area contributed by atoms with Crippen LogP contribution in [0.25, 0.3) is 0 Å². The summed E-state index contributed by atoms with van der Waals surface area (Å²) in [6, 6.07) is 2.33. The normalized spacial score (nSPS) is 14.2. The molecule has 0 amide bonds. The molecule has 0 radical (unpaired) electrons. The van der Waals surface area contributed by atoms with E-state index in [1.165, 1.54) is 6.92 Å². The molecule has 1 rings (SSSR count). The van der Waals surface area contributed by atoms with Gasteiger partial charge in [-0.3, -0.25) is 4.98 Å². The zero-order chi connectivity index (χ0) is 15.6. The Morgan fingerprint density at radius 3 is 2.60 bits per heavy atom. The first-order valence-electron chi connectivity index (χ1n) is 5.48. The van der Waals surface area contributed by atoms with E-state index in [2.05, 4.69) is 25.7 Å². The third-order valence-electron chi connectivity index (χ3n) is 2.54. The van der Waals surface area contributed by atoms with Crippen LogP contribution in [0.2, 0.25) is 0 Å². The van der Waals surface area contributed by atoms with E-state index in [0.717, 1.165) is 19.2 Å². The van der Waals surface area contributed by atoms with Crippen molar-refractivity contribution in [2.24, 2.45) is 0 Å². The Morgan fingerprint density at radius 1 is 1.55 bits per heavy atom. The topological polar surface area (TPSA) is 63.0 Å². The minimum atomic E-state index is -4.74. The van der Waals surface area contributed by atoms with Crippen molar-refractivity contribution >= 4 is 21.9 Å². The molecular weight excluding hydrogens is 341 g/mol. The summed E-state index contributed by atoms with van der Waals surface area (Å²) in [4.78, 5) is 15.4. The van der Waals surface area contributed by atoms with Gasteiger partial charge in [0.1, 0.15) is 0 Å². The second-order valence-corrected chi connectivity index (χ2v) is 4.92. The van der Waals surface area contributed by atoms with E-state index < -0.39 is 28.8 Å². The van der Waals surface area contributed by atoms with Gasteiger partial charge in [-0.05, 0) is 35.8 Å². The van der Waals surface area contributed by atoms with Gasteiger partial charge >= 0.3 is 12.1 Å². The van der Waals surface area contributed by atoms with Gasteiger partial charge in [-0.15, -0.1) is 0 Å². The number of esters is 1. The average molecular weight is 351 g/mol. The number of rotatable bonds is 3. The van der Waals surface area contributed by atoms with E-state index >= 15 is 0 Å². The highest BCUT2D eigenvalue weighted by molar-refractivity contribution is 9.10. The summed E-state index contributed by atoms with van der Waals surface area (Å²) in [6.07, 6.45) is -3.64. The number of hydrogen-bond acceptors (Lipinski definition) is 4. The molecule has 0 bridgehead atoms. The summed E-state index contributed by atoms with van der Waals surface area (Å²) in [5, 5.41) is 9.13. The second kappa shape index (κ2) is 5.79. The fraction of sp³-hybridized carbons (Fsp3) is 0.417. The Hall–Kier alpha value is -1.62. The average Bonchev–Trinajstić information content (AvgIpc) is 2.37. The van der Waals surface area contributed by atoms with Gasteiger partial charge in [0.05, 0.1) is 23.9 Å². The Kier molecular flexibility index (Phi) is 4.76. The van der Waals surface area contributed by atoms with Crippen LogP contribution in [0.1, 0.15) is 25.1 Å². The Morgan fingerprint density at radius 2 is 2.15 bits per heavy atom. The van der Waals surface area contributed by atoms with Crippen molar-refractivity contribution in [1.82, 2.24) is 4.98 Å². The number of nitrogens with zero attached hydrogens (tertiary/aromatic N) is 2. The standard InChI is InChI=1S/C12H10BrF3N2O2/c1-3-20-10(19)11(2,6-17)9-8(12(14,15)16)4-7(13)5-18-9/h4-5H,3H2,1-2H3. The van der Waals surface area contributed by atoms with Crippen molar-refractivity contribution in [2.45, 2.75) is 25.4 Å². The van der Waals surface area contributed by atoms with Gasteiger partial charge in [-0.2, -0.15) is 18.4 Å². The van der Waals surface area contributed by atoms with Gasteiger partial charge < -0.3 is 4.74 Å². The maximum atomic E-state index is 13.0. The van der Waals surface area contributed by atoms with E-state index in [0.29, 0.717) is 0 Å². The van der Waals surface area contributed by atoms with Crippen molar-refractivity contribution in [3.63, 3.8) is 0 Å². The van der Waals surface area contributed by atoms with Crippen molar-refractivity contribution in [1.29, 1.82) is 5.26 Å². The van der Waals surface area contributed by atoms with Gasteiger partial charge in [-0.1, -0.05) is 0 Å². The number of carbonyl (C=O) groups is 1. The lowest BCUT2D eigenvalue weighted by Crippen LogP contribution is -2.36. The number of ether oxygens (including phenoxy) is 1. The van der Waals surface area contributed by atoms with Crippen molar-refractivity contribution < 1.29 is 22.7 Å². The Bertz CT molecular complexity index is 569. The first-order chi connectivity index (χ1) is 9.16. The van der Waals surface area contributed by atoms with Gasteiger partial charge in [0.15, 0.2) is 5.41 Å². The first kappa shape index (κ1) is 16.4. The molecule has 0 aliphatic rings. The molecule has 0 N–H and O–H groups in total. The molecule has 4 nitrogen and oxygen atoms in total. The largest absolute Gasteiger partial charge is 0.465 e. The monoisotopic (exact) mass is 350 g/mol. The first-order valence-corrected chi connectivity index (χ1v) is 6.27. The van der Waals surface area contributed by atoms with Crippen LogP contribution in [-0.4, -0.2) is 17.6 Å². The summed E-state index contributed by atoms with van der Waals surface area (Å²) >= 11 is 2.88. The lowest BCUT2D eigenvalue weighted by Gasteiger charge is -2.22. The molecule has 1 unspecified atom stereocenters. The fourth-order valence-electron chi connectivity index (χ4n) is 1.52. The molecule has 0 saturated carbocycles. The maximum absolute atomic E-state index is 13.0. The molecule has 0 saturated heterocycles. The summed E-state index contributed by atoms with van der Waals surface area (Å²) in [7, 11) is 0. The number of carbonyl (C=O) groups excluding carboxylic acids is 1. The van der Waals surface area contributed by atoms with Gasteiger partial charge in [0, 0.05) is 10.7 Å². The van der Waals surface area contributed by atoms with E-state index in [1.807, 2.05) is 0 Å². The second-order valence-electron chi connectivity index (χ2n) is 4.00. The number of aromatic nitrogens is 1. The van der Waals surface area contributed by atoms with Crippen molar-refractivity contribution in [3.05, 3.63) is 28.0 Å². The number of alkyl halides is 3. The lowest BCUT2D eigenvalue weighted by atomic mass is 9.85. The van der Waals surface area contributed by atoms with Crippen LogP contribution in [-0.2, 0) is 21.1 Å². The maximum Gasteiger partial charge on any atom is 0.418 e. The summed E-state index contributed by atoms with van der Waals surface area (Å²) in [5.74, 6) is -1.07. The van der Waals surface area contributed by atoms with Crippen LogP contribution in [0.3, 0.4) is 0 Å². The number of pyridine rings is 1. The molecule has 0 aliphatic heterocycles. The van der Waals surface area contributed by atoms with Crippen molar-refractivity contribution in [3.8, 4) is 6.07 Å². The lowest BCUT2D eigenvalue weighted by molar-refractivity contribution is -0.148. The molecule has 1 aromatic heterocycles. The van der Waals surface area contributed by atoms with Gasteiger partial charge in [-0.25, -0.2) is 4.79 Å². The van der Waals surface area contributed by atoms with E-state index in [9.17, 15) is 18.0 Å².